The lowest BCUT2D eigenvalue weighted by Crippen LogP contribution is -2.56. The number of nitrogens with zero attached hydrogens (tertiary/aromatic N) is 2. The van der Waals surface area contributed by atoms with Crippen molar-refractivity contribution in [1.29, 1.82) is 0 Å². The highest BCUT2D eigenvalue weighted by atomic mass is 16.4. The highest BCUT2D eigenvalue weighted by Gasteiger charge is 2.39. The standard InChI is InChI=1S/C17H30N4O4/c1-3-12(2)15(16(23)21-8-4-5-13(21)17(24)25)19-14(22)11-20-9-6-18-7-10-20/h12-13,15,18H,3-11H2,1-2H3,(H,19,22)(H,24,25)/t12-,13-,15-/m0/s1. The Morgan fingerprint density at radius 2 is 1.92 bits per heavy atom. The smallest absolute Gasteiger partial charge is 0.326 e. The van der Waals surface area contributed by atoms with Crippen LogP contribution in [-0.4, -0.2) is 84.0 Å². The molecule has 0 aromatic carbocycles. The molecule has 0 bridgehead atoms. The topological polar surface area (TPSA) is 102 Å². The van der Waals surface area contributed by atoms with E-state index in [1.807, 2.05) is 13.8 Å². The highest BCUT2D eigenvalue weighted by molar-refractivity contribution is 5.91. The van der Waals surface area contributed by atoms with Gasteiger partial charge in [-0.15, -0.1) is 0 Å². The van der Waals surface area contributed by atoms with E-state index in [1.54, 1.807) is 0 Å². The molecule has 2 fully saturated rings. The summed E-state index contributed by atoms with van der Waals surface area (Å²) >= 11 is 0. The molecule has 142 valence electrons. The number of carbonyl (C=O) groups excluding carboxylic acids is 2. The predicted octanol–water partition coefficient (Wildman–Crippen LogP) is -0.502. The molecule has 2 saturated heterocycles. The average Bonchev–Trinajstić information content (AvgIpc) is 3.09. The monoisotopic (exact) mass is 354 g/mol. The second-order valence-corrected chi connectivity index (χ2v) is 6.98. The van der Waals surface area contributed by atoms with Crippen LogP contribution in [0.2, 0.25) is 0 Å². The van der Waals surface area contributed by atoms with Crippen molar-refractivity contribution in [3.05, 3.63) is 0 Å². The Morgan fingerprint density at radius 3 is 2.52 bits per heavy atom. The molecule has 3 atom stereocenters. The van der Waals surface area contributed by atoms with Crippen LogP contribution in [0.15, 0.2) is 0 Å². The van der Waals surface area contributed by atoms with Gasteiger partial charge in [0.1, 0.15) is 12.1 Å². The lowest BCUT2D eigenvalue weighted by molar-refractivity contribution is -0.150. The number of carbonyl (C=O) groups is 3. The molecular weight excluding hydrogens is 324 g/mol. The van der Waals surface area contributed by atoms with E-state index >= 15 is 0 Å². The fraction of sp³-hybridized carbons (Fsp3) is 0.824. The highest BCUT2D eigenvalue weighted by Crippen LogP contribution is 2.21. The van der Waals surface area contributed by atoms with E-state index in [4.69, 9.17) is 0 Å². The maximum atomic E-state index is 12.9. The van der Waals surface area contributed by atoms with Crippen molar-refractivity contribution in [3.8, 4) is 0 Å². The fourth-order valence-corrected chi connectivity index (χ4v) is 3.44. The van der Waals surface area contributed by atoms with Crippen molar-refractivity contribution in [3.63, 3.8) is 0 Å². The summed E-state index contributed by atoms with van der Waals surface area (Å²) < 4.78 is 0. The summed E-state index contributed by atoms with van der Waals surface area (Å²) in [4.78, 5) is 40.2. The van der Waals surface area contributed by atoms with Crippen molar-refractivity contribution in [2.45, 2.75) is 45.2 Å². The number of hydrogen-bond acceptors (Lipinski definition) is 5. The number of carboxylic acid groups (broad SMARTS) is 1. The second kappa shape index (κ2) is 9.15. The van der Waals surface area contributed by atoms with Crippen LogP contribution < -0.4 is 10.6 Å². The first kappa shape index (κ1) is 19.7. The summed E-state index contributed by atoms with van der Waals surface area (Å²) in [5.74, 6) is -1.46. The Balaban J connectivity index is 2.01. The zero-order valence-electron chi connectivity index (χ0n) is 15.2. The van der Waals surface area contributed by atoms with E-state index in [0.717, 1.165) is 32.6 Å². The molecule has 0 spiro atoms. The molecular formula is C17H30N4O4. The van der Waals surface area contributed by atoms with Gasteiger partial charge < -0.3 is 20.6 Å². The average molecular weight is 354 g/mol. The molecule has 25 heavy (non-hydrogen) atoms. The first-order valence-electron chi connectivity index (χ1n) is 9.19. The molecule has 2 aliphatic heterocycles. The van der Waals surface area contributed by atoms with Crippen LogP contribution in [0, 0.1) is 5.92 Å². The van der Waals surface area contributed by atoms with E-state index in [1.165, 1.54) is 4.90 Å². The third-order valence-corrected chi connectivity index (χ3v) is 5.19. The van der Waals surface area contributed by atoms with Crippen LogP contribution in [0.25, 0.3) is 0 Å². The summed E-state index contributed by atoms with van der Waals surface area (Å²) in [6.45, 7) is 7.92. The third kappa shape index (κ3) is 5.15. The summed E-state index contributed by atoms with van der Waals surface area (Å²) in [5, 5.41) is 15.4. The summed E-state index contributed by atoms with van der Waals surface area (Å²) in [6.07, 6.45) is 1.89. The van der Waals surface area contributed by atoms with Crippen molar-refractivity contribution in [1.82, 2.24) is 20.4 Å². The van der Waals surface area contributed by atoms with Gasteiger partial charge >= 0.3 is 5.97 Å². The summed E-state index contributed by atoms with van der Waals surface area (Å²) in [7, 11) is 0. The molecule has 0 aromatic heterocycles. The Morgan fingerprint density at radius 1 is 1.24 bits per heavy atom. The van der Waals surface area contributed by atoms with Gasteiger partial charge in [-0.05, 0) is 18.8 Å². The van der Waals surface area contributed by atoms with Crippen molar-refractivity contribution in [2.75, 3.05) is 39.3 Å². The lowest BCUT2D eigenvalue weighted by atomic mass is 9.97. The number of hydrogen-bond donors (Lipinski definition) is 3. The van der Waals surface area contributed by atoms with Gasteiger partial charge in [0.25, 0.3) is 0 Å². The van der Waals surface area contributed by atoms with Crippen LogP contribution in [-0.2, 0) is 14.4 Å². The number of nitrogens with one attached hydrogen (secondary N) is 2. The SMILES string of the molecule is CC[C@H](C)[C@H](NC(=O)CN1CCNCC1)C(=O)N1CCC[C@H]1C(=O)O. The molecule has 2 rings (SSSR count). The molecule has 0 saturated carbocycles. The van der Waals surface area contributed by atoms with E-state index in [-0.39, 0.29) is 24.3 Å². The second-order valence-electron chi connectivity index (χ2n) is 6.98. The van der Waals surface area contributed by atoms with E-state index in [0.29, 0.717) is 19.4 Å². The van der Waals surface area contributed by atoms with Gasteiger partial charge in [0.2, 0.25) is 11.8 Å². The van der Waals surface area contributed by atoms with E-state index in [9.17, 15) is 19.5 Å². The van der Waals surface area contributed by atoms with Crippen molar-refractivity contribution < 1.29 is 19.5 Å². The number of piperazine rings is 1. The van der Waals surface area contributed by atoms with Crippen LogP contribution >= 0.6 is 0 Å². The zero-order chi connectivity index (χ0) is 18.4. The minimum atomic E-state index is -0.971. The Kier molecular flexibility index (Phi) is 7.19. The lowest BCUT2D eigenvalue weighted by Gasteiger charge is -2.31. The third-order valence-electron chi connectivity index (χ3n) is 5.19. The van der Waals surface area contributed by atoms with Gasteiger partial charge in [0.05, 0.1) is 6.54 Å². The zero-order valence-corrected chi connectivity index (χ0v) is 15.2. The van der Waals surface area contributed by atoms with Gasteiger partial charge in [-0.25, -0.2) is 4.79 Å². The minimum absolute atomic E-state index is 0.0467. The molecule has 0 aromatic rings. The molecule has 0 unspecified atom stereocenters. The molecule has 8 heteroatoms. The van der Waals surface area contributed by atoms with Crippen molar-refractivity contribution in [2.24, 2.45) is 5.92 Å². The first-order chi connectivity index (χ1) is 11.9. The maximum absolute atomic E-state index is 12.9. The van der Waals surface area contributed by atoms with Gasteiger partial charge in [0, 0.05) is 32.7 Å². The van der Waals surface area contributed by atoms with Gasteiger partial charge in [0.15, 0.2) is 0 Å². The Bertz CT molecular complexity index is 493. The molecule has 3 N–H and O–H groups in total. The molecule has 2 heterocycles. The first-order valence-corrected chi connectivity index (χ1v) is 9.19. The fourth-order valence-electron chi connectivity index (χ4n) is 3.44. The van der Waals surface area contributed by atoms with Crippen LogP contribution in [0.1, 0.15) is 33.1 Å². The van der Waals surface area contributed by atoms with E-state index in [2.05, 4.69) is 15.5 Å². The molecule has 0 radical (unpaired) electrons. The Hall–Kier alpha value is -1.67. The van der Waals surface area contributed by atoms with Crippen molar-refractivity contribution >= 4 is 17.8 Å². The number of aliphatic carboxylic acids is 1. The number of rotatable bonds is 7. The summed E-state index contributed by atoms with van der Waals surface area (Å²) in [5.41, 5.74) is 0. The number of carboxylic acids is 1. The molecule has 2 aliphatic rings. The predicted molar refractivity (Wildman–Crippen MR) is 93.1 cm³/mol. The van der Waals surface area contributed by atoms with Gasteiger partial charge in [-0.2, -0.15) is 0 Å². The Labute approximate surface area is 148 Å². The molecule has 0 aliphatic carbocycles. The normalized spacial score (nSPS) is 23.9. The van der Waals surface area contributed by atoms with Crippen LogP contribution in [0.5, 0.6) is 0 Å². The number of likely N-dealkylation sites (tertiary alicyclic amines) is 1. The summed E-state index contributed by atoms with van der Waals surface area (Å²) in [6, 6.07) is -1.44. The van der Waals surface area contributed by atoms with Crippen LogP contribution in [0.3, 0.4) is 0 Å². The number of amides is 2. The minimum Gasteiger partial charge on any atom is -0.480 e. The van der Waals surface area contributed by atoms with E-state index < -0.39 is 18.1 Å². The quantitative estimate of drug-likeness (QED) is 0.570. The maximum Gasteiger partial charge on any atom is 0.326 e. The van der Waals surface area contributed by atoms with Crippen LogP contribution in [0.4, 0.5) is 0 Å². The molecule has 2 amide bonds. The largest absolute Gasteiger partial charge is 0.480 e. The molecule has 8 nitrogen and oxygen atoms in total. The van der Waals surface area contributed by atoms with Gasteiger partial charge in [-0.1, -0.05) is 20.3 Å². The van der Waals surface area contributed by atoms with Gasteiger partial charge in [-0.3, -0.25) is 14.5 Å².